The van der Waals surface area contributed by atoms with Crippen LogP contribution in [0.1, 0.15) is 45.4 Å². The number of nitrogens with one attached hydrogen (secondary N) is 3. The number of aryl methyl sites for hydroxylation is 1. The Labute approximate surface area is 152 Å². The van der Waals surface area contributed by atoms with Gasteiger partial charge in [0, 0.05) is 22.0 Å². The van der Waals surface area contributed by atoms with E-state index >= 15 is 0 Å². The second-order valence-electron chi connectivity index (χ2n) is 8.22. The van der Waals surface area contributed by atoms with Gasteiger partial charge in [-0.15, -0.1) is 11.3 Å². The Bertz CT molecular complexity index is 767. The SMILES string of the molecule is Cc1cc2c(NCC(=O)NC3CC(C)(C)NC(C)(C)C3)ncnc2s1. The lowest BCUT2D eigenvalue weighted by Crippen LogP contribution is -2.62. The molecule has 0 saturated carbocycles. The maximum atomic E-state index is 12.4. The first kappa shape index (κ1) is 18.1. The summed E-state index contributed by atoms with van der Waals surface area (Å²) in [6.07, 6.45) is 3.38. The topological polar surface area (TPSA) is 78.9 Å². The Morgan fingerprint density at radius 1 is 1.28 bits per heavy atom. The van der Waals surface area contributed by atoms with Gasteiger partial charge >= 0.3 is 0 Å². The summed E-state index contributed by atoms with van der Waals surface area (Å²) in [6.45, 7) is 11.0. The second kappa shape index (κ2) is 6.53. The lowest BCUT2D eigenvalue weighted by molar-refractivity contribution is -0.120. The molecule has 2 aromatic heterocycles. The third kappa shape index (κ3) is 4.46. The minimum Gasteiger partial charge on any atom is -0.360 e. The monoisotopic (exact) mass is 361 g/mol. The molecule has 0 spiro atoms. The van der Waals surface area contributed by atoms with Crippen molar-refractivity contribution in [1.29, 1.82) is 0 Å². The molecular weight excluding hydrogens is 334 g/mol. The maximum Gasteiger partial charge on any atom is 0.239 e. The quantitative estimate of drug-likeness (QED) is 0.780. The van der Waals surface area contributed by atoms with Crippen LogP contribution in [-0.2, 0) is 4.79 Å². The molecule has 1 aliphatic heterocycles. The van der Waals surface area contributed by atoms with Crippen molar-refractivity contribution in [2.75, 3.05) is 11.9 Å². The molecule has 3 heterocycles. The highest BCUT2D eigenvalue weighted by atomic mass is 32.1. The van der Waals surface area contributed by atoms with E-state index in [4.69, 9.17) is 0 Å². The van der Waals surface area contributed by atoms with Gasteiger partial charge in [0.05, 0.1) is 11.9 Å². The molecule has 0 radical (unpaired) electrons. The number of carbonyl (C=O) groups is 1. The van der Waals surface area contributed by atoms with E-state index in [0.29, 0.717) is 0 Å². The van der Waals surface area contributed by atoms with Gasteiger partial charge in [-0.3, -0.25) is 4.79 Å². The molecule has 1 fully saturated rings. The summed E-state index contributed by atoms with van der Waals surface area (Å²) in [6, 6.07) is 2.23. The molecule has 2 aromatic rings. The summed E-state index contributed by atoms with van der Waals surface area (Å²) >= 11 is 1.63. The molecular formula is C18H27N5OS. The molecule has 0 atom stereocenters. The number of hydrogen-bond donors (Lipinski definition) is 3. The molecule has 0 aliphatic carbocycles. The number of amides is 1. The predicted molar refractivity (Wildman–Crippen MR) is 103 cm³/mol. The van der Waals surface area contributed by atoms with Crippen LogP contribution in [0.15, 0.2) is 12.4 Å². The first-order chi connectivity index (χ1) is 11.6. The lowest BCUT2D eigenvalue weighted by Gasteiger charge is -2.46. The normalized spacial score (nSPS) is 19.7. The summed E-state index contributed by atoms with van der Waals surface area (Å²) in [4.78, 5) is 23.1. The van der Waals surface area contributed by atoms with Crippen molar-refractivity contribution in [3.8, 4) is 0 Å². The number of aromatic nitrogens is 2. The van der Waals surface area contributed by atoms with Crippen LogP contribution >= 0.6 is 11.3 Å². The largest absolute Gasteiger partial charge is 0.360 e. The van der Waals surface area contributed by atoms with Crippen LogP contribution in [-0.4, -0.2) is 39.5 Å². The van der Waals surface area contributed by atoms with Crippen molar-refractivity contribution >= 4 is 33.3 Å². The number of fused-ring (bicyclic) bond motifs is 1. The molecule has 0 unspecified atom stereocenters. The van der Waals surface area contributed by atoms with Crippen LogP contribution < -0.4 is 16.0 Å². The molecule has 6 nitrogen and oxygen atoms in total. The minimum atomic E-state index is -0.00258. The van der Waals surface area contributed by atoms with Crippen molar-refractivity contribution in [3.63, 3.8) is 0 Å². The zero-order valence-electron chi connectivity index (χ0n) is 15.6. The van der Waals surface area contributed by atoms with E-state index in [-0.39, 0.29) is 29.6 Å². The molecule has 3 rings (SSSR count). The zero-order chi connectivity index (χ0) is 18.2. The number of rotatable bonds is 4. The average Bonchev–Trinajstić information content (AvgIpc) is 2.82. The maximum absolute atomic E-state index is 12.4. The van der Waals surface area contributed by atoms with Crippen molar-refractivity contribution in [2.24, 2.45) is 0 Å². The Kier molecular flexibility index (Phi) is 4.72. The van der Waals surface area contributed by atoms with Gasteiger partial charge in [-0.05, 0) is 53.5 Å². The van der Waals surface area contributed by atoms with Gasteiger partial charge < -0.3 is 16.0 Å². The van der Waals surface area contributed by atoms with Crippen LogP contribution in [0.4, 0.5) is 5.82 Å². The van der Waals surface area contributed by atoms with Crippen molar-refractivity contribution < 1.29 is 4.79 Å². The molecule has 0 aromatic carbocycles. The van der Waals surface area contributed by atoms with Gasteiger partial charge in [-0.25, -0.2) is 9.97 Å². The Morgan fingerprint density at radius 3 is 2.64 bits per heavy atom. The van der Waals surface area contributed by atoms with Crippen LogP contribution in [0.3, 0.4) is 0 Å². The number of nitrogens with zero attached hydrogens (tertiary/aromatic N) is 2. The standard InChI is InChI=1S/C18H27N5OS/c1-11-6-13-15(20-10-21-16(13)25-11)19-9-14(24)22-12-7-17(2,3)23-18(4,5)8-12/h6,10,12,23H,7-9H2,1-5H3,(H,22,24)(H,19,20,21). The number of piperidine rings is 1. The number of thiophene rings is 1. The molecule has 1 aliphatic rings. The first-order valence-electron chi connectivity index (χ1n) is 8.67. The number of carbonyl (C=O) groups excluding carboxylic acids is 1. The third-order valence-corrected chi connectivity index (χ3v) is 5.38. The fourth-order valence-electron chi connectivity index (χ4n) is 3.98. The average molecular weight is 362 g/mol. The minimum absolute atomic E-state index is 0.00258. The third-order valence-electron chi connectivity index (χ3n) is 4.42. The fourth-order valence-corrected chi connectivity index (χ4v) is 4.83. The van der Waals surface area contributed by atoms with Crippen LogP contribution in [0.5, 0.6) is 0 Å². The van der Waals surface area contributed by atoms with Gasteiger partial charge in [0.15, 0.2) is 0 Å². The molecule has 1 amide bonds. The molecule has 0 bridgehead atoms. The van der Waals surface area contributed by atoms with Gasteiger partial charge in [0.1, 0.15) is 17.0 Å². The molecule has 3 N–H and O–H groups in total. The first-order valence-corrected chi connectivity index (χ1v) is 9.49. The van der Waals surface area contributed by atoms with E-state index in [1.807, 2.05) is 6.92 Å². The number of anilines is 1. The van der Waals surface area contributed by atoms with Crippen LogP contribution in [0.25, 0.3) is 10.2 Å². The highest BCUT2D eigenvalue weighted by molar-refractivity contribution is 7.18. The summed E-state index contributed by atoms with van der Waals surface area (Å²) in [5, 5.41) is 10.9. The molecule has 136 valence electrons. The number of hydrogen-bond acceptors (Lipinski definition) is 6. The lowest BCUT2D eigenvalue weighted by atomic mass is 9.79. The van der Waals surface area contributed by atoms with Gasteiger partial charge in [-0.2, -0.15) is 0 Å². The van der Waals surface area contributed by atoms with Crippen LogP contribution in [0.2, 0.25) is 0 Å². The zero-order valence-corrected chi connectivity index (χ0v) is 16.4. The van der Waals surface area contributed by atoms with E-state index in [2.05, 4.69) is 59.7 Å². The summed E-state index contributed by atoms with van der Waals surface area (Å²) in [5.41, 5.74) is 0.0281. The van der Waals surface area contributed by atoms with Gasteiger partial charge in [0.25, 0.3) is 0 Å². The van der Waals surface area contributed by atoms with Crippen molar-refractivity contribution in [2.45, 2.75) is 64.6 Å². The summed E-state index contributed by atoms with van der Waals surface area (Å²) < 4.78 is 0. The Hall–Kier alpha value is -1.73. The van der Waals surface area contributed by atoms with Crippen molar-refractivity contribution in [1.82, 2.24) is 20.6 Å². The molecule has 25 heavy (non-hydrogen) atoms. The fraction of sp³-hybridized carbons (Fsp3) is 0.611. The van der Waals surface area contributed by atoms with Gasteiger partial charge in [0.2, 0.25) is 5.91 Å². The summed E-state index contributed by atoms with van der Waals surface area (Å²) in [7, 11) is 0. The molecule has 7 heteroatoms. The van der Waals surface area contributed by atoms with E-state index in [9.17, 15) is 4.79 Å². The van der Waals surface area contributed by atoms with E-state index < -0.39 is 0 Å². The highest BCUT2D eigenvalue weighted by Gasteiger charge is 2.38. The van der Waals surface area contributed by atoms with Crippen molar-refractivity contribution in [3.05, 3.63) is 17.3 Å². The molecule has 1 saturated heterocycles. The predicted octanol–water partition coefficient (Wildman–Crippen LogP) is 2.84. The Balaban J connectivity index is 1.61. The summed E-state index contributed by atoms with van der Waals surface area (Å²) in [5.74, 6) is 0.715. The smallest absolute Gasteiger partial charge is 0.239 e. The Morgan fingerprint density at radius 2 is 1.96 bits per heavy atom. The van der Waals surface area contributed by atoms with E-state index in [0.717, 1.165) is 28.9 Å². The van der Waals surface area contributed by atoms with Gasteiger partial charge in [-0.1, -0.05) is 0 Å². The highest BCUT2D eigenvalue weighted by Crippen LogP contribution is 2.29. The van der Waals surface area contributed by atoms with E-state index in [1.54, 1.807) is 11.3 Å². The second-order valence-corrected chi connectivity index (χ2v) is 9.45. The van der Waals surface area contributed by atoms with E-state index in [1.165, 1.54) is 11.2 Å². The van der Waals surface area contributed by atoms with Crippen LogP contribution in [0, 0.1) is 6.92 Å².